The Morgan fingerprint density at radius 2 is 2.00 bits per heavy atom. The van der Waals surface area contributed by atoms with Crippen LogP contribution in [0.1, 0.15) is 35.4 Å². The Morgan fingerprint density at radius 1 is 1.30 bits per heavy atom. The number of primary sulfonamides is 1. The van der Waals surface area contributed by atoms with Crippen LogP contribution >= 0.6 is 11.6 Å². The molecule has 3 aromatic rings. The van der Waals surface area contributed by atoms with Gasteiger partial charge in [-0.3, -0.25) is 9.79 Å². The predicted octanol–water partition coefficient (Wildman–Crippen LogP) is 3.28. The molecule has 2 heterocycles. The summed E-state index contributed by atoms with van der Waals surface area (Å²) in [7, 11) is -2.56. The van der Waals surface area contributed by atoms with Crippen molar-refractivity contribution in [3.8, 4) is 0 Å². The first kappa shape index (κ1) is 24.4. The number of fused-ring (bicyclic) bond motifs is 1. The molecule has 0 aliphatic rings. The van der Waals surface area contributed by atoms with Crippen molar-refractivity contribution in [2.75, 3.05) is 12.4 Å². The Morgan fingerprint density at radius 3 is 2.61 bits per heavy atom. The summed E-state index contributed by atoms with van der Waals surface area (Å²) in [6, 6.07) is 6.01. The molecule has 0 bridgehead atoms. The zero-order chi connectivity index (χ0) is 24.5. The number of nitrogens with one attached hydrogen (secondary N) is 1. The Kier molecular flexibility index (Phi) is 6.92. The summed E-state index contributed by atoms with van der Waals surface area (Å²) in [6.45, 7) is 5.31. The Hall–Kier alpha value is -3.21. The average molecular weight is 490 g/mol. The standard InChI is InChI=1S/C22H24ClN5O4S/c1-11-7-15(13(3)27-17-5-6-18(23)28-22(17)33(25,30)31)21-16(8-11)19(29)12(2)20(32-21)14(9-24)10-26-4/h5-10,13,27H,24H2,1-4H3,(H2,25,30,31)/b14-9+,26-10?/t13-/m1/s1. The van der Waals surface area contributed by atoms with E-state index < -0.39 is 16.1 Å². The van der Waals surface area contributed by atoms with Crippen molar-refractivity contribution in [2.45, 2.75) is 31.8 Å². The molecule has 0 fully saturated rings. The number of halogens is 1. The summed E-state index contributed by atoms with van der Waals surface area (Å²) in [5.41, 5.74) is 8.35. The van der Waals surface area contributed by atoms with Crippen molar-refractivity contribution in [2.24, 2.45) is 15.9 Å². The van der Waals surface area contributed by atoms with E-state index in [1.807, 2.05) is 13.0 Å². The van der Waals surface area contributed by atoms with E-state index in [2.05, 4.69) is 15.3 Å². The van der Waals surface area contributed by atoms with E-state index in [9.17, 15) is 13.2 Å². The van der Waals surface area contributed by atoms with Gasteiger partial charge in [0, 0.05) is 30.6 Å². The molecular formula is C22H24ClN5O4S. The van der Waals surface area contributed by atoms with Gasteiger partial charge < -0.3 is 15.5 Å². The number of nitrogens with zero attached hydrogens (tertiary/aromatic N) is 2. The third-order valence-corrected chi connectivity index (χ3v) is 6.10. The van der Waals surface area contributed by atoms with Crippen LogP contribution in [0.5, 0.6) is 0 Å². The van der Waals surface area contributed by atoms with Crippen LogP contribution in [0.3, 0.4) is 0 Å². The van der Waals surface area contributed by atoms with E-state index in [0.29, 0.717) is 33.4 Å². The maximum absolute atomic E-state index is 13.2. The summed E-state index contributed by atoms with van der Waals surface area (Å²) in [5.74, 6) is 0.302. The van der Waals surface area contributed by atoms with Gasteiger partial charge in [0.1, 0.15) is 16.5 Å². The van der Waals surface area contributed by atoms with E-state index in [4.69, 9.17) is 26.9 Å². The van der Waals surface area contributed by atoms with E-state index in [1.165, 1.54) is 24.5 Å². The van der Waals surface area contributed by atoms with Crippen molar-refractivity contribution in [3.05, 3.63) is 68.3 Å². The first-order chi connectivity index (χ1) is 15.5. The summed E-state index contributed by atoms with van der Waals surface area (Å²) in [5, 5.41) is 8.40. The van der Waals surface area contributed by atoms with Gasteiger partial charge in [-0.2, -0.15) is 0 Å². The van der Waals surface area contributed by atoms with Crippen LogP contribution in [0, 0.1) is 13.8 Å². The normalized spacial score (nSPS) is 13.6. The molecule has 3 rings (SSSR count). The molecule has 5 N–H and O–H groups in total. The highest BCUT2D eigenvalue weighted by molar-refractivity contribution is 7.89. The van der Waals surface area contributed by atoms with Gasteiger partial charge in [-0.1, -0.05) is 17.7 Å². The number of allylic oxidation sites excluding steroid dienone is 1. The lowest BCUT2D eigenvalue weighted by Crippen LogP contribution is -2.19. The number of aryl methyl sites for hydroxylation is 1. The second-order valence-corrected chi connectivity index (χ2v) is 9.39. The third kappa shape index (κ3) is 4.92. The number of rotatable bonds is 6. The quantitative estimate of drug-likeness (QED) is 0.354. The van der Waals surface area contributed by atoms with E-state index >= 15 is 0 Å². The van der Waals surface area contributed by atoms with E-state index in [1.54, 1.807) is 27.0 Å². The van der Waals surface area contributed by atoms with Crippen LogP contribution < -0.4 is 21.6 Å². The fourth-order valence-corrected chi connectivity index (χ4v) is 4.39. The molecule has 2 aromatic heterocycles. The van der Waals surface area contributed by atoms with E-state index in [-0.39, 0.29) is 21.3 Å². The van der Waals surface area contributed by atoms with Gasteiger partial charge in [0.15, 0.2) is 10.5 Å². The molecule has 0 radical (unpaired) electrons. The second-order valence-electron chi connectivity index (χ2n) is 7.52. The average Bonchev–Trinajstić information content (AvgIpc) is 2.75. The summed E-state index contributed by atoms with van der Waals surface area (Å²) in [6.07, 6.45) is 2.82. The molecule has 0 aliphatic heterocycles. The van der Waals surface area contributed by atoms with Crippen molar-refractivity contribution in [3.63, 3.8) is 0 Å². The number of aliphatic imine (C=N–C) groups is 1. The van der Waals surface area contributed by atoms with Gasteiger partial charge in [0.05, 0.1) is 22.7 Å². The van der Waals surface area contributed by atoms with Crippen molar-refractivity contribution < 1.29 is 12.8 Å². The van der Waals surface area contributed by atoms with Crippen molar-refractivity contribution in [1.29, 1.82) is 0 Å². The maximum Gasteiger partial charge on any atom is 0.257 e. The summed E-state index contributed by atoms with van der Waals surface area (Å²) >= 11 is 5.86. The lowest BCUT2D eigenvalue weighted by molar-refractivity contribution is 0.575. The van der Waals surface area contributed by atoms with Crippen LogP contribution in [-0.4, -0.2) is 26.7 Å². The lowest BCUT2D eigenvalue weighted by atomic mass is 9.99. The fourth-order valence-electron chi connectivity index (χ4n) is 3.54. The van der Waals surface area contributed by atoms with Gasteiger partial charge in [-0.25, -0.2) is 18.5 Å². The van der Waals surface area contributed by atoms with E-state index in [0.717, 1.165) is 5.56 Å². The van der Waals surface area contributed by atoms with Crippen molar-refractivity contribution >= 4 is 50.1 Å². The summed E-state index contributed by atoms with van der Waals surface area (Å²) < 4.78 is 30.2. The highest BCUT2D eigenvalue weighted by Crippen LogP contribution is 2.31. The number of aromatic nitrogens is 1. The van der Waals surface area contributed by atoms with Crippen LogP contribution in [0.4, 0.5) is 5.69 Å². The highest BCUT2D eigenvalue weighted by atomic mass is 35.5. The SMILES string of the molecule is CN=C/C(=C\N)c1oc2c([C@@H](C)Nc3ccc(Cl)nc3S(N)(=O)=O)cc(C)cc2c(=O)c1C. The molecule has 0 aliphatic carbocycles. The molecular weight excluding hydrogens is 466 g/mol. The number of sulfonamides is 1. The van der Waals surface area contributed by atoms with Crippen LogP contribution in [0.2, 0.25) is 5.15 Å². The summed E-state index contributed by atoms with van der Waals surface area (Å²) in [4.78, 5) is 21.0. The number of nitrogens with two attached hydrogens (primary N) is 2. The topological polar surface area (TPSA) is 154 Å². The Labute approximate surface area is 196 Å². The molecule has 33 heavy (non-hydrogen) atoms. The lowest BCUT2D eigenvalue weighted by Gasteiger charge is -2.20. The van der Waals surface area contributed by atoms with Gasteiger partial charge in [-0.05, 0) is 44.5 Å². The molecule has 0 saturated heterocycles. The number of hydrogen-bond acceptors (Lipinski definition) is 8. The minimum atomic E-state index is -4.14. The molecule has 0 spiro atoms. The third-order valence-electron chi connectivity index (χ3n) is 5.04. The molecule has 1 aromatic carbocycles. The second kappa shape index (κ2) is 9.34. The molecule has 9 nitrogen and oxygen atoms in total. The van der Waals surface area contributed by atoms with Gasteiger partial charge in [-0.15, -0.1) is 0 Å². The van der Waals surface area contributed by atoms with Gasteiger partial charge in [0.25, 0.3) is 10.0 Å². The molecule has 0 unspecified atom stereocenters. The maximum atomic E-state index is 13.2. The minimum Gasteiger partial charge on any atom is -0.455 e. The first-order valence-electron chi connectivity index (χ1n) is 9.86. The Bertz CT molecular complexity index is 1460. The van der Waals surface area contributed by atoms with Crippen LogP contribution in [0.15, 0.2) is 49.7 Å². The highest BCUT2D eigenvalue weighted by Gasteiger charge is 2.22. The van der Waals surface area contributed by atoms with Crippen LogP contribution in [0.25, 0.3) is 16.5 Å². The monoisotopic (exact) mass is 489 g/mol. The predicted molar refractivity (Wildman–Crippen MR) is 131 cm³/mol. The molecule has 0 amide bonds. The van der Waals surface area contributed by atoms with Gasteiger partial charge in [0.2, 0.25) is 0 Å². The number of pyridine rings is 1. The number of hydrogen-bond donors (Lipinski definition) is 3. The van der Waals surface area contributed by atoms with Gasteiger partial charge >= 0.3 is 0 Å². The van der Waals surface area contributed by atoms with Crippen molar-refractivity contribution in [1.82, 2.24) is 4.98 Å². The fraction of sp³-hybridized carbons (Fsp3) is 0.227. The largest absolute Gasteiger partial charge is 0.455 e. The zero-order valence-corrected chi connectivity index (χ0v) is 20.1. The number of anilines is 1. The molecule has 174 valence electrons. The molecule has 0 saturated carbocycles. The smallest absolute Gasteiger partial charge is 0.257 e. The number of benzene rings is 1. The Balaban J connectivity index is 2.24. The molecule has 11 heteroatoms. The minimum absolute atomic E-state index is 0.0111. The van der Waals surface area contributed by atoms with Crippen LogP contribution in [-0.2, 0) is 10.0 Å². The molecule has 1 atom stereocenters. The first-order valence-corrected chi connectivity index (χ1v) is 11.8. The zero-order valence-electron chi connectivity index (χ0n) is 18.5.